The van der Waals surface area contributed by atoms with Gasteiger partial charge >= 0.3 is 5.97 Å². The summed E-state index contributed by atoms with van der Waals surface area (Å²) in [6.45, 7) is 6.06. The van der Waals surface area contributed by atoms with E-state index in [1.54, 1.807) is 0 Å². The first-order valence-electron chi connectivity index (χ1n) is 8.36. The van der Waals surface area contributed by atoms with Gasteiger partial charge in [-0.15, -0.1) is 0 Å². The van der Waals surface area contributed by atoms with Crippen LogP contribution in [0.3, 0.4) is 0 Å². The second kappa shape index (κ2) is 19.4. The molecule has 0 saturated carbocycles. The Morgan fingerprint density at radius 3 is 1.52 bits per heavy atom. The summed E-state index contributed by atoms with van der Waals surface area (Å²) in [5, 5.41) is 0. The van der Waals surface area contributed by atoms with E-state index in [1.807, 2.05) is 13.8 Å². The Labute approximate surface area is 131 Å². The van der Waals surface area contributed by atoms with Crippen LogP contribution >= 0.6 is 0 Å². The molecule has 130 valence electrons. The highest BCUT2D eigenvalue weighted by atomic mass is 16.5. The fourth-order valence-corrected chi connectivity index (χ4v) is 2.26. The normalized spacial score (nSPS) is 9.90. The van der Waals surface area contributed by atoms with Crippen LogP contribution in [0.2, 0.25) is 0 Å². The Bertz CT molecular complexity index is 205. The Balaban J connectivity index is -0.00000162. The molecule has 0 aliphatic heterocycles. The van der Waals surface area contributed by atoms with Crippen LogP contribution in [0.4, 0.5) is 0 Å². The molecule has 0 unspecified atom stereocenters. The molecule has 0 aromatic heterocycles. The quantitative estimate of drug-likeness (QED) is 0.380. The number of ether oxygens (including phenoxy) is 1. The molecule has 4 heteroatoms. The summed E-state index contributed by atoms with van der Waals surface area (Å²) in [5.74, 6) is -0.0362. The van der Waals surface area contributed by atoms with Gasteiger partial charge in [-0.1, -0.05) is 71.1 Å². The molecular weight excluding hydrogens is 268 g/mol. The lowest BCUT2D eigenvalue weighted by Crippen LogP contribution is -2.10. The van der Waals surface area contributed by atoms with Gasteiger partial charge in [0, 0.05) is 6.42 Å². The highest BCUT2D eigenvalue weighted by Crippen LogP contribution is 2.12. The molecule has 0 rings (SSSR count). The lowest BCUT2D eigenvalue weighted by atomic mass is 10.1. The Morgan fingerprint density at radius 2 is 1.14 bits per heavy atom. The van der Waals surface area contributed by atoms with Crippen molar-refractivity contribution in [1.82, 2.24) is 0 Å². The zero-order valence-corrected chi connectivity index (χ0v) is 14.4. The van der Waals surface area contributed by atoms with E-state index in [4.69, 9.17) is 4.74 Å². The van der Waals surface area contributed by atoms with Crippen LogP contribution in [0, 0.1) is 0 Å². The van der Waals surface area contributed by atoms with Gasteiger partial charge in [-0.2, -0.15) is 0 Å². The van der Waals surface area contributed by atoms with E-state index in [0.29, 0.717) is 6.42 Å². The summed E-state index contributed by atoms with van der Waals surface area (Å²) in [6, 6.07) is 0. The van der Waals surface area contributed by atoms with Crippen LogP contribution in [-0.2, 0) is 9.53 Å². The first kappa shape index (κ1) is 25.3. The lowest BCUT2D eigenvalue weighted by Gasteiger charge is -2.07. The van der Waals surface area contributed by atoms with E-state index >= 15 is 0 Å². The van der Waals surface area contributed by atoms with Gasteiger partial charge in [0.05, 0.1) is 6.10 Å². The number of unbranched alkanes of at least 4 members (excludes halogenated alkanes) is 10. The maximum atomic E-state index is 11.3. The fourth-order valence-electron chi connectivity index (χ4n) is 2.26. The van der Waals surface area contributed by atoms with Gasteiger partial charge in [0.2, 0.25) is 0 Å². The van der Waals surface area contributed by atoms with Gasteiger partial charge in [-0.05, 0) is 20.3 Å². The van der Waals surface area contributed by atoms with Crippen molar-refractivity contribution in [3.63, 3.8) is 0 Å². The van der Waals surface area contributed by atoms with Crippen molar-refractivity contribution in [2.45, 2.75) is 104 Å². The highest BCUT2D eigenvalue weighted by molar-refractivity contribution is 5.69. The number of carbonyl (C=O) groups excluding carboxylic acids is 1. The smallest absolute Gasteiger partial charge is 0.306 e. The monoisotopic (exact) mass is 306 g/mol. The van der Waals surface area contributed by atoms with Crippen molar-refractivity contribution in [3.05, 3.63) is 0 Å². The molecule has 0 saturated heterocycles. The second-order valence-electron chi connectivity index (χ2n) is 5.82. The van der Waals surface area contributed by atoms with Gasteiger partial charge in [-0.25, -0.2) is 0 Å². The molecule has 0 aromatic rings. The van der Waals surface area contributed by atoms with Crippen LogP contribution < -0.4 is 0 Å². The molecule has 21 heavy (non-hydrogen) atoms. The summed E-state index contributed by atoms with van der Waals surface area (Å²) >= 11 is 0. The first-order chi connectivity index (χ1) is 9.16. The maximum absolute atomic E-state index is 11.3. The zero-order valence-electron chi connectivity index (χ0n) is 14.4. The van der Waals surface area contributed by atoms with E-state index < -0.39 is 0 Å². The van der Waals surface area contributed by atoms with E-state index in [9.17, 15) is 4.79 Å². The average Bonchev–Trinajstić information content (AvgIpc) is 2.35. The van der Waals surface area contributed by atoms with E-state index in [0.717, 1.165) is 6.42 Å². The Morgan fingerprint density at radius 1 is 0.762 bits per heavy atom. The highest BCUT2D eigenvalue weighted by Gasteiger charge is 2.04. The molecule has 0 amide bonds. The number of esters is 1. The Hall–Kier alpha value is -0.610. The third kappa shape index (κ3) is 21.8. The minimum absolute atomic E-state index is 0. The first-order valence-corrected chi connectivity index (χ1v) is 8.36. The molecule has 0 radical (unpaired) electrons. The molecular formula is C17H38O4. The van der Waals surface area contributed by atoms with Crippen molar-refractivity contribution in [2.24, 2.45) is 0 Å². The van der Waals surface area contributed by atoms with Crippen LogP contribution in [0.25, 0.3) is 0 Å². The van der Waals surface area contributed by atoms with Crippen molar-refractivity contribution < 1.29 is 20.5 Å². The molecule has 0 aliphatic rings. The molecule has 0 aliphatic carbocycles. The number of carbonyl (C=O) groups is 1. The van der Waals surface area contributed by atoms with Crippen LogP contribution in [0.1, 0.15) is 97.8 Å². The lowest BCUT2D eigenvalue weighted by molar-refractivity contribution is -0.147. The van der Waals surface area contributed by atoms with Crippen LogP contribution in [-0.4, -0.2) is 23.0 Å². The fraction of sp³-hybridized carbons (Fsp3) is 0.941. The largest absolute Gasteiger partial charge is 0.463 e. The second-order valence-corrected chi connectivity index (χ2v) is 5.82. The molecule has 0 aromatic carbocycles. The topological polar surface area (TPSA) is 89.3 Å². The number of rotatable bonds is 13. The predicted octanol–water partition coefficient (Wildman–Crippen LogP) is 3.99. The van der Waals surface area contributed by atoms with Crippen molar-refractivity contribution in [1.29, 1.82) is 0 Å². The SMILES string of the molecule is CCCCCCCCCCCCCC(=O)OC(C)C.O.O. The summed E-state index contributed by atoms with van der Waals surface area (Å²) in [6.07, 6.45) is 15.1. The predicted molar refractivity (Wildman–Crippen MR) is 89.5 cm³/mol. The van der Waals surface area contributed by atoms with Crippen LogP contribution in [0.15, 0.2) is 0 Å². The summed E-state index contributed by atoms with van der Waals surface area (Å²) in [7, 11) is 0. The minimum atomic E-state index is -0.0362. The van der Waals surface area contributed by atoms with Gasteiger partial charge < -0.3 is 15.7 Å². The minimum Gasteiger partial charge on any atom is -0.463 e. The Kier molecular flexibility index (Phi) is 23.4. The molecule has 0 heterocycles. The molecule has 0 spiro atoms. The third-order valence-corrected chi connectivity index (χ3v) is 3.35. The van der Waals surface area contributed by atoms with Gasteiger partial charge in [0.25, 0.3) is 0 Å². The van der Waals surface area contributed by atoms with Crippen LogP contribution in [0.5, 0.6) is 0 Å². The molecule has 0 bridgehead atoms. The van der Waals surface area contributed by atoms with Gasteiger partial charge in [-0.3, -0.25) is 4.79 Å². The van der Waals surface area contributed by atoms with Gasteiger partial charge in [0.1, 0.15) is 0 Å². The number of hydrogen-bond acceptors (Lipinski definition) is 2. The third-order valence-electron chi connectivity index (χ3n) is 3.35. The van der Waals surface area contributed by atoms with E-state index in [2.05, 4.69) is 6.92 Å². The molecule has 4 N–H and O–H groups in total. The molecule has 0 atom stereocenters. The number of hydrogen-bond donors (Lipinski definition) is 0. The zero-order chi connectivity index (χ0) is 14.3. The molecule has 0 fully saturated rings. The van der Waals surface area contributed by atoms with Gasteiger partial charge in [0.15, 0.2) is 0 Å². The summed E-state index contributed by atoms with van der Waals surface area (Å²) in [4.78, 5) is 11.3. The standard InChI is InChI=1S/C17H34O2.2H2O/c1-4-5-6-7-8-9-10-11-12-13-14-15-17(18)19-16(2)3;;/h16H,4-15H2,1-3H3;2*1H2. The molecule has 4 nitrogen and oxygen atoms in total. The van der Waals surface area contributed by atoms with E-state index in [1.165, 1.54) is 64.2 Å². The van der Waals surface area contributed by atoms with E-state index in [-0.39, 0.29) is 23.0 Å². The summed E-state index contributed by atoms with van der Waals surface area (Å²) in [5.41, 5.74) is 0. The summed E-state index contributed by atoms with van der Waals surface area (Å²) < 4.78 is 5.10. The van der Waals surface area contributed by atoms with Crippen molar-refractivity contribution in [2.75, 3.05) is 0 Å². The van der Waals surface area contributed by atoms with Crippen molar-refractivity contribution >= 4 is 5.97 Å². The average molecular weight is 306 g/mol. The van der Waals surface area contributed by atoms with Crippen molar-refractivity contribution in [3.8, 4) is 0 Å². The maximum Gasteiger partial charge on any atom is 0.306 e.